The van der Waals surface area contributed by atoms with Crippen LogP contribution in [-0.4, -0.2) is 49.8 Å². The van der Waals surface area contributed by atoms with Crippen LogP contribution in [0.4, 0.5) is 0 Å². The van der Waals surface area contributed by atoms with Gasteiger partial charge in [0.05, 0.1) is 12.3 Å². The quantitative estimate of drug-likeness (QED) is 0.654. The Morgan fingerprint density at radius 2 is 2.24 bits per heavy atom. The molecular weight excluding hydrogens is 214 g/mol. The summed E-state index contributed by atoms with van der Waals surface area (Å²) in [4.78, 5) is 6.64. The second-order valence-corrected chi connectivity index (χ2v) is 3.92. The first-order valence-electron chi connectivity index (χ1n) is 6.18. The van der Waals surface area contributed by atoms with Gasteiger partial charge in [-0.15, -0.1) is 0 Å². The average molecular weight is 237 g/mol. The van der Waals surface area contributed by atoms with Crippen LogP contribution in [-0.2, 0) is 11.3 Å². The fourth-order valence-electron chi connectivity index (χ4n) is 1.60. The number of methoxy groups -OCH3 is 1. The Hall–Kier alpha value is -0.970. The minimum Gasteiger partial charge on any atom is -0.383 e. The lowest BCUT2D eigenvalue weighted by Crippen LogP contribution is -2.34. The zero-order valence-corrected chi connectivity index (χ0v) is 10.9. The van der Waals surface area contributed by atoms with Crippen molar-refractivity contribution in [2.45, 2.75) is 13.5 Å². The Kier molecular flexibility index (Phi) is 7.54. The van der Waals surface area contributed by atoms with Gasteiger partial charge in [-0.3, -0.25) is 4.98 Å². The molecule has 1 aromatic rings. The molecule has 0 radical (unpaired) electrons. The maximum Gasteiger partial charge on any atom is 0.0589 e. The summed E-state index contributed by atoms with van der Waals surface area (Å²) in [6, 6.07) is 5.99. The second-order valence-electron chi connectivity index (χ2n) is 3.92. The minimum atomic E-state index is 0.800. The number of hydrogen-bond acceptors (Lipinski definition) is 4. The van der Waals surface area contributed by atoms with E-state index in [1.807, 2.05) is 24.4 Å². The molecule has 0 fully saturated rings. The first kappa shape index (κ1) is 14.1. The van der Waals surface area contributed by atoms with Gasteiger partial charge in [0.25, 0.3) is 0 Å². The van der Waals surface area contributed by atoms with Gasteiger partial charge in [0.2, 0.25) is 0 Å². The van der Waals surface area contributed by atoms with Crippen LogP contribution in [0.15, 0.2) is 24.4 Å². The number of pyridine rings is 1. The van der Waals surface area contributed by atoms with Crippen LogP contribution in [0, 0.1) is 0 Å². The summed E-state index contributed by atoms with van der Waals surface area (Å²) in [5.74, 6) is 0. The van der Waals surface area contributed by atoms with Crippen LogP contribution in [0.1, 0.15) is 12.6 Å². The van der Waals surface area contributed by atoms with Crippen LogP contribution in [0.25, 0.3) is 0 Å². The van der Waals surface area contributed by atoms with E-state index in [4.69, 9.17) is 4.74 Å². The lowest BCUT2D eigenvalue weighted by Gasteiger charge is -2.19. The Labute approximate surface area is 104 Å². The van der Waals surface area contributed by atoms with E-state index >= 15 is 0 Å². The summed E-state index contributed by atoms with van der Waals surface area (Å²) in [7, 11) is 1.74. The summed E-state index contributed by atoms with van der Waals surface area (Å²) in [6.07, 6.45) is 1.83. The first-order chi connectivity index (χ1) is 8.36. The zero-order valence-electron chi connectivity index (χ0n) is 10.9. The van der Waals surface area contributed by atoms with E-state index in [2.05, 4.69) is 22.1 Å². The Balaban J connectivity index is 2.10. The van der Waals surface area contributed by atoms with Gasteiger partial charge >= 0.3 is 0 Å². The Morgan fingerprint density at radius 1 is 1.35 bits per heavy atom. The number of rotatable bonds is 9. The summed E-state index contributed by atoms with van der Waals surface area (Å²) in [5, 5.41) is 3.40. The molecule has 0 unspecified atom stereocenters. The number of nitrogens with one attached hydrogen (secondary N) is 1. The van der Waals surface area contributed by atoms with Crippen LogP contribution < -0.4 is 5.32 Å². The smallest absolute Gasteiger partial charge is 0.0589 e. The highest BCUT2D eigenvalue weighted by atomic mass is 16.5. The van der Waals surface area contributed by atoms with Crippen molar-refractivity contribution in [3.8, 4) is 0 Å². The molecule has 0 aliphatic carbocycles. The predicted octanol–water partition coefficient (Wildman–Crippen LogP) is 1.14. The fourth-order valence-corrected chi connectivity index (χ4v) is 1.60. The molecule has 1 aromatic heterocycles. The molecule has 0 aromatic carbocycles. The van der Waals surface area contributed by atoms with Crippen LogP contribution in [0.3, 0.4) is 0 Å². The third-order valence-electron chi connectivity index (χ3n) is 2.70. The van der Waals surface area contributed by atoms with Crippen molar-refractivity contribution >= 4 is 0 Å². The van der Waals surface area contributed by atoms with Crippen LogP contribution in [0.5, 0.6) is 0 Å². The van der Waals surface area contributed by atoms with Gasteiger partial charge in [-0.25, -0.2) is 0 Å². The highest BCUT2D eigenvalue weighted by Crippen LogP contribution is 1.92. The monoisotopic (exact) mass is 237 g/mol. The fraction of sp³-hybridized carbons (Fsp3) is 0.615. The third-order valence-corrected chi connectivity index (χ3v) is 2.70. The van der Waals surface area contributed by atoms with Crippen molar-refractivity contribution in [1.29, 1.82) is 0 Å². The van der Waals surface area contributed by atoms with Crippen LogP contribution >= 0.6 is 0 Å². The van der Waals surface area contributed by atoms with E-state index in [0.717, 1.165) is 45.0 Å². The molecular formula is C13H23N3O. The van der Waals surface area contributed by atoms with Crippen molar-refractivity contribution in [3.63, 3.8) is 0 Å². The zero-order chi connectivity index (χ0) is 12.3. The number of nitrogens with zero attached hydrogens (tertiary/aromatic N) is 2. The largest absolute Gasteiger partial charge is 0.383 e. The van der Waals surface area contributed by atoms with Crippen molar-refractivity contribution in [1.82, 2.24) is 15.2 Å². The van der Waals surface area contributed by atoms with E-state index < -0.39 is 0 Å². The van der Waals surface area contributed by atoms with Gasteiger partial charge in [0, 0.05) is 39.5 Å². The molecule has 0 bridgehead atoms. The molecule has 4 heteroatoms. The van der Waals surface area contributed by atoms with Gasteiger partial charge in [-0.2, -0.15) is 0 Å². The van der Waals surface area contributed by atoms with E-state index in [0.29, 0.717) is 0 Å². The molecule has 4 nitrogen and oxygen atoms in total. The SMILES string of the molecule is CCN(CCNCc1ccccn1)CCOC. The number of likely N-dealkylation sites (N-methyl/N-ethyl adjacent to an activating group) is 1. The summed E-state index contributed by atoms with van der Waals surface area (Å²) in [6.45, 7) is 7.90. The van der Waals surface area contributed by atoms with E-state index in [1.165, 1.54) is 0 Å². The maximum absolute atomic E-state index is 5.08. The van der Waals surface area contributed by atoms with Gasteiger partial charge in [0.1, 0.15) is 0 Å². The Morgan fingerprint density at radius 3 is 2.88 bits per heavy atom. The molecule has 0 amide bonds. The molecule has 1 N–H and O–H groups in total. The van der Waals surface area contributed by atoms with Crippen molar-refractivity contribution in [2.24, 2.45) is 0 Å². The van der Waals surface area contributed by atoms with Gasteiger partial charge in [-0.05, 0) is 18.7 Å². The van der Waals surface area contributed by atoms with Crippen molar-refractivity contribution < 1.29 is 4.74 Å². The number of hydrogen-bond donors (Lipinski definition) is 1. The van der Waals surface area contributed by atoms with Crippen LogP contribution in [0.2, 0.25) is 0 Å². The molecule has 0 aliphatic heterocycles. The van der Waals surface area contributed by atoms with Gasteiger partial charge < -0.3 is 15.0 Å². The molecule has 0 spiro atoms. The molecule has 96 valence electrons. The lowest BCUT2D eigenvalue weighted by molar-refractivity contribution is 0.151. The number of aromatic nitrogens is 1. The normalized spacial score (nSPS) is 11.0. The highest BCUT2D eigenvalue weighted by molar-refractivity contribution is 5.02. The van der Waals surface area contributed by atoms with E-state index in [1.54, 1.807) is 7.11 Å². The minimum absolute atomic E-state index is 0.800. The van der Waals surface area contributed by atoms with Gasteiger partial charge in [0.15, 0.2) is 0 Å². The standard InChI is InChI=1S/C13H23N3O/c1-3-16(10-11-17-2)9-8-14-12-13-6-4-5-7-15-13/h4-7,14H,3,8-12H2,1-2H3. The molecule has 1 rings (SSSR count). The van der Waals surface area contributed by atoms with Crippen molar-refractivity contribution in [3.05, 3.63) is 30.1 Å². The maximum atomic E-state index is 5.08. The molecule has 0 aliphatic rings. The first-order valence-corrected chi connectivity index (χ1v) is 6.18. The summed E-state index contributed by atoms with van der Waals surface area (Å²) >= 11 is 0. The van der Waals surface area contributed by atoms with Crippen molar-refractivity contribution in [2.75, 3.05) is 39.9 Å². The molecule has 1 heterocycles. The summed E-state index contributed by atoms with van der Waals surface area (Å²) < 4.78 is 5.08. The molecule has 0 saturated heterocycles. The van der Waals surface area contributed by atoms with E-state index in [-0.39, 0.29) is 0 Å². The second kappa shape index (κ2) is 9.10. The Bertz CT molecular complexity index is 279. The number of ether oxygens (including phenoxy) is 1. The summed E-state index contributed by atoms with van der Waals surface area (Å²) in [5.41, 5.74) is 1.09. The van der Waals surface area contributed by atoms with E-state index in [9.17, 15) is 0 Å². The van der Waals surface area contributed by atoms with Gasteiger partial charge in [-0.1, -0.05) is 13.0 Å². The predicted molar refractivity (Wildman–Crippen MR) is 69.9 cm³/mol. The topological polar surface area (TPSA) is 37.4 Å². The third kappa shape index (κ3) is 6.36. The molecule has 0 atom stereocenters. The average Bonchev–Trinajstić information content (AvgIpc) is 2.39. The molecule has 17 heavy (non-hydrogen) atoms. The highest BCUT2D eigenvalue weighted by Gasteiger charge is 2.00. The molecule has 0 saturated carbocycles. The lowest BCUT2D eigenvalue weighted by atomic mass is 10.3.